The van der Waals surface area contributed by atoms with Crippen molar-refractivity contribution < 1.29 is 0 Å². The Morgan fingerprint density at radius 1 is 1.50 bits per heavy atom. The van der Waals surface area contributed by atoms with Crippen molar-refractivity contribution in [3.8, 4) is 0 Å². The molecule has 108 valence electrons. The van der Waals surface area contributed by atoms with Crippen molar-refractivity contribution >= 4 is 46.1 Å². The van der Waals surface area contributed by atoms with Crippen molar-refractivity contribution in [3.05, 3.63) is 23.1 Å². The number of halogens is 2. The molecule has 0 N–H and O–H groups in total. The van der Waals surface area contributed by atoms with Crippen LogP contribution in [0.1, 0.15) is 37.4 Å². The molecule has 0 bridgehead atoms. The van der Waals surface area contributed by atoms with E-state index in [1.807, 2.05) is 24.8 Å². The summed E-state index contributed by atoms with van der Waals surface area (Å²) >= 11 is 14.3. The Morgan fingerprint density at radius 3 is 3.05 bits per heavy atom. The fourth-order valence-corrected chi connectivity index (χ4v) is 4.25. The largest absolute Gasteiger partial charge is 0.310 e. The zero-order chi connectivity index (χ0) is 14.1. The molecule has 2 aromatic rings. The lowest BCUT2D eigenvalue weighted by Crippen LogP contribution is -2.19. The number of imidazole rings is 1. The van der Waals surface area contributed by atoms with Gasteiger partial charge in [0.05, 0.1) is 10.4 Å². The lowest BCUT2D eigenvalue weighted by Gasteiger charge is -2.23. The van der Waals surface area contributed by atoms with E-state index >= 15 is 0 Å². The average Bonchev–Trinajstić information content (AvgIpc) is 2.78. The van der Waals surface area contributed by atoms with Gasteiger partial charge in [0, 0.05) is 18.0 Å². The van der Waals surface area contributed by atoms with Crippen LogP contribution in [0.3, 0.4) is 0 Å². The van der Waals surface area contributed by atoms with Crippen LogP contribution < -0.4 is 0 Å². The fraction of sp³-hybridized carbons (Fsp3) is 0.571. The Bertz CT molecular complexity index is 606. The van der Waals surface area contributed by atoms with E-state index in [1.165, 1.54) is 25.0 Å². The van der Waals surface area contributed by atoms with Crippen molar-refractivity contribution in [2.75, 3.05) is 5.75 Å². The van der Waals surface area contributed by atoms with Crippen molar-refractivity contribution in [2.24, 2.45) is 0 Å². The Kier molecular flexibility index (Phi) is 4.43. The minimum absolute atomic E-state index is 0.128. The van der Waals surface area contributed by atoms with Gasteiger partial charge in [-0.2, -0.15) is 11.8 Å². The second kappa shape index (κ2) is 6.12. The highest BCUT2D eigenvalue weighted by Crippen LogP contribution is 2.30. The molecule has 1 aliphatic rings. The molecule has 0 aliphatic carbocycles. The highest BCUT2D eigenvalue weighted by molar-refractivity contribution is 7.99. The van der Waals surface area contributed by atoms with Gasteiger partial charge >= 0.3 is 0 Å². The molecule has 2 aromatic heterocycles. The van der Waals surface area contributed by atoms with Gasteiger partial charge in [0.15, 0.2) is 5.65 Å². The third-order valence-corrected chi connectivity index (χ3v) is 5.38. The Morgan fingerprint density at radius 2 is 2.35 bits per heavy atom. The number of thioether (sulfide) groups is 1. The molecule has 2 atom stereocenters. The molecule has 2 unspecified atom stereocenters. The SMILES string of the molecule is CC(Cl)c1nc2cc(Cl)cnc2n1CC1CCCCS1. The molecule has 0 radical (unpaired) electrons. The monoisotopic (exact) mass is 329 g/mol. The summed E-state index contributed by atoms with van der Waals surface area (Å²) in [5.41, 5.74) is 1.73. The van der Waals surface area contributed by atoms with E-state index < -0.39 is 0 Å². The first-order valence-corrected chi connectivity index (χ1v) is 8.79. The summed E-state index contributed by atoms with van der Waals surface area (Å²) in [4.78, 5) is 9.06. The second-order valence-corrected chi connectivity index (χ2v) is 7.68. The third-order valence-electron chi connectivity index (χ3n) is 3.60. The van der Waals surface area contributed by atoms with E-state index in [9.17, 15) is 0 Å². The molecule has 1 aliphatic heterocycles. The maximum atomic E-state index is 6.29. The van der Waals surface area contributed by atoms with Crippen molar-refractivity contribution in [1.82, 2.24) is 14.5 Å². The minimum atomic E-state index is -0.128. The smallest absolute Gasteiger partial charge is 0.160 e. The molecule has 3 rings (SSSR count). The predicted octanol–water partition coefficient (Wildman–Crippen LogP) is 4.67. The Hall–Kier alpha value is -0.450. The summed E-state index contributed by atoms with van der Waals surface area (Å²) in [5, 5.41) is 1.12. The second-order valence-electron chi connectivity index (χ2n) is 5.18. The maximum Gasteiger partial charge on any atom is 0.160 e. The normalized spacial score (nSPS) is 21.2. The molecule has 0 saturated carbocycles. The van der Waals surface area contributed by atoms with Crippen LogP contribution in [-0.2, 0) is 6.54 Å². The molecule has 3 heterocycles. The van der Waals surface area contributed by atoms with Crippen LogP contribution in [0.15, 0.2) is 12.3 Å². The van der Waals surface area contributed by atoms with E-state index in [4.69, 9.17) is 23.2 Å². The summed E-state index contributed by atoms with van der Waals surface area (Å²) < 4.78 is 2.17. The molecule has 3 nitrogen and oxygen atoms in total. The van der Waals surface area contributed by atoms with Crippen molar-refractivity contribution in [2.45, 2.75) is 43.4 Å². The molecule has 20 heavy (non-hydrogen) atoms. The van der Waals surface area contributed by atoms with Gasteiger partial charge in [-0.15, -0.1) is 11.6 Å². The van der Waals surface area contributed by atoms with E-state index in [1.54, 1.807) is 6.20 Å². The van der Waals surface area contributed by atoms with E-state index in [-0.39, 0.29) is 5.38 Å². The van der Waals surface area contributed by atoms with Gasteiger partial charge in [-0.1, -0.05) is 18.0 Å². The fourth-order valence-electron chi connectivity index (χ4n) is 2.64. The number of alkyl halides is 1. The summed E-state index contributed by atoms with van der Waals surface area (Å²) in [6.07, 6.45) is 5.58. The molecule has 1 saturated heterocycles. The van der Waals surface area contributed by atoms with Crippen LogP contribution in [0.5, 0.6) is 0 Å². The number of hydrogen-bond acceptors (Lipinski definition) is 3. The molecule has 1 fully saturated rings. The molecule has 0 spiro atoms. The summed E-state index contributed by atoms with van der Waals surface area (Å²) in [7, 11) is 0. The minimum Gasteiger partial charge on any atom is -0.310 e. The van der Waals surface area contributed by atoms with Gasteiger partial charge in [-0.05, 0) is 31.6 Å². The van der Waals surface area contributed by atoms with Gasteiger partial charge in [-0.25, -0.2) is 9.97 Å². The molecule has 6 heteroatoms. The predicted molar refractivity (Wildman–Crippen MR) is 86.9 cm³/mol. The van der Waals surface area contributed by atoms with Crippen LogP contribution in [0.25, 0.3) is 11.2 Å². The lowest BCUT2D eigenvalue weighted by atomic mass is 10.2. The number of aromatic nitrogens is 3. The molecule has 0 aromatic carbocycles. The Balaban J connectivity index is 1.99. The average molecular weight is 330 g/mol. The summed E-state index contributed by atoms with van der Waals surface area (Å²) in [5.74, 6) is 2.14. The van der Waals surface area contributed by atoms with Crippen molar-refractivity contribution in [1.29, 1.82) is 0 Å². The van der Waals surface area contributed by atoms with Crippen LogP contribution in [0.4, 0.5) is 0 Å². The first kappa shape index (κ1) is 14.5. The molecule has 0 amide bonds. The first-order chi connectivity index (χ1) is 9.65. The number of hydrogen-bond donors (Lipinski definition) is 0. The van der Waals surface area contributed by atoms with Crippen LogP contribution in [0.2, 0.25) is 5.02 Å². The van der Waals surface area contributed by atoms with Gasteiger partial charge < -0.3 is 4.57 Å². The van der Waals surface area contributed by atoms with Gasteiger partial charge in [0.2, 0.25) is 0 Å². The topological polar surface area (TPSA) is 30.7 Å². The summed E-state index contributed by atoms with van der Waals surface area (Å²) in [6.45, 7) is 2.89. The van der Waals surface area contributed by atoms with E-state index in [2.05, 4.69) is 14.5 Å². The number of nitrogens with zero attached hydrogens (tertiary/aromatic N) is 3. The lowest BCUT2D eigenvalue weighted by molar-refractivity contribution is 0.573. The molecular weight excluding hydrogens is 313 g/mol. The number of rotatable bonds is 3. The van der Waals surface area contributed by atoms with E-state index in [0.717, 1.165) is 23.5 Å². The number of fused-ring (bicyclic) bond motifs is 1. The standard InChI is InChI=1S/C14H17Cl2N3S/c1-9(15)13-18-12-6-10(16)7-17-14(12)19(13)8-11-4-2-3-5-20-11/h6-7,9,11H,2-5,8H2,1H3. The van der Waals surface area contributed by atoms with Gasteiger partial charge in [0.25, 0.3) is 0 Å². The van der Waals surface area contributed by atoms with Crippen molar-refractivity contribution in [3.63, 3.8) is 0 Å². The highest BCUT2D eigenvalue weighted by Gasteiger charge is 2.21. The highest BCUT2D eigenvalue weighted by atomic mass is 35.5. The van der Waals surface area contributed by atoms with Gasteiger partial charge in [-0.3, -0.25) is 0 Å². The zero-order valence-corrected chi connectivity index (χ0v) is 13.7. The quantitative estimate of drug-likeness (QED) is 0.766. The van der Waals surface area contributed by atoms with Crippen LogP contribution in [0, 0.1) is 0 Å². The Labute approximate surface area is 133 Å². The number of pyridine rings is 1. The zero-order valence-electron chi connectivity index (χ0n) is 11.4. The first-order valence-electron chi connectivity index (χ1n) is 6.92. The summed E-state index contributed by atoms with van der Waals surface area (Å²) in [6, 6.07) is 1.86. The van der Waals surface area contributed by atoms with Crippen LogP contribution in [-0.4, -0.2) is 25.5 Å². The van der Waals surface area contributed by atoms with Gasteiger partial charge in [0.1, 0.15) is 11.3 Å². The third kappa shape index (κ3) is 2.92. The van der Waals surface area contributed by atoms with E-state index in [0.29, 0.717) is 10.3 Å². The molecular formula is C14H17Cl2N3S. The maximum absolute atomic E-state index is 6.29. The van der Waals surface area contributed by atoms with Crippen LogP contribution >= 0.6 is 35.0 Å².